The van der Waals surface area contributed by atoms with Crippen LogP contribution in [0.25, 0.3) is 0 Å². The van der Waals surface area contributed by atoms with E-state index >= 15 is 0 Å². The van der Waals surface area contributed by atoms with Crippen LogP contribution in [0.1, 0.15) is 12.8 Å². The Balaban J connectivity index is 1.35. The normalized spacial score (nSPS) is 19.4. The summed E-state index contributed by atoms with van der Waals surface area (Å²) in [5.41, 5.74) is 2.85. The number of imide groups is 1. The van der Waals surface area contributed by atoms with Crippen LogP contribution in [0.4, 0.5) is 15.0 Å². The van der Waals surface area contributed by atoms with E-state index in [2.05, 4.69) is 15.3 Å². The fourth-order valence-electron chi connectivity index (χ4n) is 3.21. The van der Waals surface area contributed by atoms with E-state index in [9.17, 15) is 14.0 Å². The Bertz CT molecular complexity index is 650. The van der Waals surface area contributed by atoms with Crippen molar-refractivity contribution in [3.63, 3.8) is 0 Å². The Morgan fingerprint density at radius 3 is 2.62 bits per heavy atom. The molecule has 2 aliphatic heterocycles. The van der Waals surface area contributed by atoms with Gasteiger partial charge in [-0.15, -0.1) is 0 Å². The number of hydrogen-bond acceptors (Lipinski definition) is 6. The number of nitrogens with zero attached hydrogens (tertiary/aromatic N) is 5. The monoisotopic (exact) mass is 364 g/mol. The first-order valence-corrected chi connectivity index (χ1v) is 8.95. The lowest BCUT2D eigenvalue weighted by molar-refractivity contribution is -0.130. The third-order valence-corrected chi connectivity index (χ3v) is 4.83. The molecule has 3 amide bonds. The molecular weight excluding hydrogens is 339 g/mol. The molecule has 1 aromatic heterocycles. The second kappa shape index (κ2) is 8.41. The van der Waals surface area contributed by atoms with E-state index < -0.39 is 0 Å². The van der Waals surface area contributed by atoms with E-state index in [1.54, 1.807) is 12.3 Å². The maximum Gasteiger partial charge on any atom is 0.340 e. The zero-order chi connectivity index (χ0) is 18.5. The Kier molecular flexibility index (Phi) is 6.00. The predicted octanol–water partition coefficient (Wildman–Crippen LogP) is 0.522. The van der Waals surface area contributed by atoms with Crippen LogP contribution in [0.15, 0.2) is 18.3 Å². The second-order valence-electron chi connectivity index (χ2n) is 6.57. The summed E-state index contributed by atoms with van der Waals surface area (Å²) in [6.07, 6.45) is 3.43. The number of carbonyl (C=O) groups excluding carboxylic acids is 2. The molecule has 1 N–H and O–H groups in total. The van der Waals surface area contributed by atoms with E-state index in [1.807, 2.05) is 4.90 Å². The lowest BCUT2D eigenvalue weighted by Crippen LogP contribution is -2.59. The summed E-state index contributed by atoms with van der Waals surface area (Å²) >= 11 is 0. The van der Waals surface area contributed by atoms with E-state index in [0.717, 1.165) is 50.5 Å². The number of piperazine rings is 1. The maximum atomic E-state index is 13.8. The number of halogens is 1. The number of likely N-dealkylation sites (N-methyl/N-ethyl adjacent to an activating group) is 1. The van der Waals surface area contributed by atoms with Crippen LogP contribution >= 0.6 is 0 Å². The molecule has 3 heterocycles. The first-order valence-electron chi connectivity index (χ1n) is 8.95. The third-order valence-electron chi connectivity index (χ3n) is 4.83. The van der Waals surface area contributed by atoms with Crippen molar-refractivity contribution in [2.75, 3.05) is 57.8 Å². The van der Waals surface area contributed by atoms with Gasteiger partial charge in [0.1, 0.15) is 0 Å². The van der Waals surface area contributed by atoms with Gasteiger partial charge in [0.2, 0.25) is 5.91 Å². The maximum absolute atomic E-state index is 13.8. The zero-order valence-electron chi connectivity index (χ0n) is 15.0. The molecule has 1 aromatic rings. The molecule has 2 saturated heterocycles. The van der Waals surface area contributed by atoms with Gasteiger partial charge in [0.15, 0.2) is 11.6 Å². The number of amides is 3. The van der Waals surface area contributed by atoms with Crippen LogP contribution < -0.4 is 10.3 Å². The number of rotatable bonds is 6. The largest absolute Gasteiger partial charge is 0.352 e. The summed E-state index contributed by atoms with van der Waals surface area (Å²) in [6, 6.07) is 2.74. The first-order chi connectivity index (χ1) is 12.6. The number of anilines is 1. The van der Waals surface area contributed by atoms with Crippen LogP contribution in [0, 0.1) is 5.82 Å². The predicted molar refractivity (Wildman–Crippen MR) is 95.0 cm³/mol. The molecular formula is C17H25FN6O2. The van der Waals surface area contributed by atoms with Crippen LogP contribution in [0.5, 0.6) is 0 Å². The summed E-state index contributed by atoms with van der Waals surface area (Å²) < 4.78 is 13.8. The Morgan fingerprint density at radius 2 is 1.88 bits per heavy atom. The molecule has 0 radical (unpaired) electrons. The van der Waals surface area contributed by atoms with Crippen LogP contribution in [0.3, 0.4) is 0 Å². The van der Waals surface area contributed by atoms with Crippen molar-refractivity contribution in [2.45, 2.75) is 12.8 Å². The first kappa shape index (κ1) is 18.5. The molecule has 142 valence electrons. The third kappa shape index (κ3) is 4.28. The molecule has 2 fully saturated rings. The number of nitrogens with one attached hydrogen (secondary N) is 1. The fraction of sp³-hybridized carbons (Fsp3) is 0.588. The number of unbranched alkanes of at least 4 members (excludes halogenated alkanes) is 1. The van der Waals surface area contributed by atoms with Gasteiger partial charge in [-0.1, -0.05) is 0 Å². The van der Waals surface area contributed by atoms with Gasteiger partial charge in [0.05, 0.1) is 6.54 Å². The average molecular weight is 364 g/mol. The fourth-order valence-corrected chi connectivity index (χ4v) is 3.21. The highest BCUT2D eigenvalue weighted by molar-refractivity contribution is 5.96. The zero-order valence-corrected chi connectivity index (χ0v) is 15.0. The molecule has 8 nitrogen and oxygen atoms in total. The number of aromatic nitrogens is 1. The van der Waals surface area contributed by atoms with Crippen molar-refractivity contribution in [3.8, 4) is 0 Å². The van der Waals surface area contributed by atoms with Gasteiger partial charge < -0.3 is 4.90 Å². The molecule has 9 heteroatoms. The van der Waals surface area contributed by atoms with Crippen molar-refractivity contribution < 1.29 is 14.0 Å². The van der Waals surface area contributed by atoms with Gasteiger partial charge in [0.25, 0.3) is 0 Å². The summed E-state index contributed by atoms with van der Waals surface area (Å²) in [5.74, 6) is -0.0583. The van der Waals surface area contributed by atoms with Crippen molar-refractivity contribution >= 4 is 17.8 Å². The topological polar surface area (TPSA) is 72.0 Å². The molecule has 26 heavy (non-hydrogen) atoms. The quantitative estimate of drug-likeness (QED) is 0.742. The Hall–Kier alpha value is -2.26. The smallest absolute Gasteiger partial charge is 0.340 e. The van der Waals surface area contributed by atoms with Gasteiger partial charge >= 0.3 is 6.03 Å². The molecule has 0 saturated carbocycles. The van der Waals surface area contributed by atoms with E-state index in [4.69, 9.17) is 0 Å². The highest BCUT2D eigenvalue weighted by Gasteiger charge is 2.28. The molecule has 2 aliphatic rings. The number of carbonyl (C=O) groups is 2. The number of hydrazine groups is 1. The highest BCUT2D eigenvalue weighted by Crippen LogP contribution is 2.17. The van der Waals surface area contributed by atoms with Crippen molar-refractivity contribution in [1.29, 1.82) is 0 Å². The second-order valence-corrected chi connectivity index (χ2v) is 6.57. The highest BCUT2D eigenvalue weighted by atomic mass is 19.1. The number of hydrogen-bond donors (Lipinski definition) is 1. The van der Waals surface area contributed by atoms with E-state index in [-0.39, 0.29) is 24.3 Å². The lowest BCUT2D eigenvalue weighted by Gasteiger charge is -2.35. The summed E-state index contributed by atoms with van der Waals surface area (Å²) in [7, 11) is 1.50. The van der Waals surface area contributed by atoms with Gasteiger partial charge in [-0.3, -0.25) is 19.6 Å². The number of pyridine rings is 1. The van der Waals surface area contributed by atoms with E-state index in [1.165, 1.54) is 18.1 Å². The van der Waals surface area contributed by atoms with Crippen LogP contribution in [0.2, 0.25) is 0 Å². The number of urea groups is 1. The van der Waals surface area contributed by atoms with Gasteiger partial charge in [-0.2, -0.15) is 0 Å². The van der Waals surface area contributed by atoms with Crippen LogP contribution in [-0.2, 0) is 4.79 Å². The summed E-state index contributed by atoms with van der Waals surface area (Å²) in [4.78, 5) is 33.0. The van der Waals surface area contributed by atoms with Crippen molar-refractivity contribution in [2.24, 2.45) is 0 Å². The molecule has 0 atom stereocenters. The van der Waals surface area contributed by atoms with Gasteiger partial charge in [0, 0.05) is 46.0 Å². The Morgan fingerprint density at radius 1 is 1.15 bits per heavy atom. The average Bonchev–Trinajstić information content (AvgIpc) is 2.66. The van der Waals surface area contributed by atoms with E-state index in [0.29, 0.717) is 12.4 Å². The van der Waals surface area contributed by atoms with Gasteiger partial charge in [-0.25, -0.2) is 19.6 Å². The molecule has 0 spiro atoms. The minimum atomic E-state index is -0.299. The molecule has 0 bridgehead atoms. The van der Waals surface area contributed by atoms with Gasteiger partial charge in [-0.05, 0) is 31.5 Å². The standard InChI is InChI=1S/C17H25FN6O2/c1-21-15(25)13-20-24(17(21)26)8-3-2-7-22-9-11-23(12-10-22)16-14(18)5-4-6-19-16/h4-6,20H,2-3,7-13H2,1H3. The van der Waals surface area contributed by atoms with Crippen molar-refractivity contribution in [1.82, 2.24) is 25.2 Å². The summed E-state index contributed by atoms with van der Waals surface area (Å²) in [6.45, 7) is 4.93. The molecule has 0 unspecified atom stereocenters. The SMILES string of the molecule is CN1C(=O)CNN(CCCCN2CCN(c3ncccc3F)CC2)C1=O. The molecule has 0 aromatic carbocycles. The minimum Gasteiger partial charge on any atom is -0.352 e. The molecule has 0 aliphatic carbocycles. The van der Waals surface area contributed by atoms with Crippen molar-refractivity contribution in [3.05, 3.63) is 24.1 Å². The summed E-state index contributed by atoms with van der Waals surface area (Å²) in [5, 5.41) is 1.50. The lowest BCUT2D eigenvalue weighted by atomic mass is 10.2. The molecule has 3 rings (SSSR count). The Labute approximate surface area is 152 Å². The van der Waals surface area contributed by atoms with Crippen LogP contribution in [-0.4, -0.2) is 84.6 Å². The minimum absolute atomic E-state index is 0.161.